The Morgan fingerprint density at radius 3 is 2.45 bits per heavy atom. The van der Waals surface area contributed by atoms with E-state index in [2.05, 4.69) is 10.2 Å². The molecular weight excluding hydrogens is 394 g/mol. The van der Waals surface area contributed by atoms with Gasteiger partial charge in [0.15, 0.2) is 5.69 Å². The number of benzene rings is 2. The lowest BCUT2D eigenvalue weighted by molar-refractivity contribution is -0.122. The average molecular weight is 417 g/mol. The van der Waals surface area contributed by atoms with Crippen molar-refractivity contribution in [3.05, 3.63) is 65.0 Å². The predicted molar refractivity (Wildman–Crippen MR) is 119 cm³/mol. The minimum atomic E-state index is -0.571. The van der Waals surface area contributed by atoms with Crippen molar-refractivity contribution in [2.75, 3.05) is 34.8 Å². The molecule has 0 unspecified atom stereocenters. The van der Waals surface area contributed by atoms with Gasteiger partial charge in [-0.15, -0.1) is 0 Å². The average Bonchev–Trinajstić information content (AvgIpc) is 3.45. The smallest absolute Gasteiger partial charge is 0.362 e. The van der Waals surface area contributed by atoms with Crippen LogP contribution in [0.1, 0.15) is 19.3 Å². The highest BCUT2D eigenvalue weighted by atomic mass is 16.4. The molecular formula is C24H23N3O4. The van der Waals surface area contributed by atoms with Crippen molar-refractivity contribution in [2.45, 2.75) is 19.3 Å². The standard InChI is InChI=1S/C24H23N3O4/c28-20-14-16(15-27(20)17-8-2-1-3-9-17)23(29)25-21-22(26-12-6-7-13-26)18-10-4-5-11-19(18)31-24(21)30/h1-5,8-11,16H,6-7,12-15H2,(H,25,29)/t16-/m0/s1. The quantitative estimate of drug-likeness (QED) is 0.658. The van der Waals surface area contributed by atoms with Gasteiger partial charge in [0, 0.05) is 37.1 Å². The highest BCUT2D eigenvalue weighted by Crippen LogP contribution is 2.35. The molecule has 2 amide bonds. The third kappa shape index (κ3) is 3.56. The lowest BCUT2D eigenvalue weighted by Gasteiger charge is -2.23. The Morgan fingerprint density at radius 1 is 0.968 bits per heavy atom. The largest absolute Gasteiger partial charge is 0.421 e. The molecule has 1 atom stereocenters. The number of anilines is 3. The summed E-state index contributed by atoms with van der Waals surface area (Å²) in [7, 11) is 0. The monoisotopic (exact) mass is 417 g/mol. The Bertz CT molecular complexity index is 1200. The fourth-order valence-corrected chi connectivity index (χ4v) is 4.48. The van der Waals surface area contributed by atoms with Gasteiger partial charge in [0.05, 0.1) is 11.6 Å². The van der Waals surface area contributed by atoms with Gasteiger partial charge in [-0.2, -0.15) is 0 Å². The third-order valence-corrected chi connectivity index (χ3v) is 6.02. The van der Waals surface area contributed by atoms with E-state index in [1.807, 2.05) is 48.5 Å². The second-order valence-electron chi connectivity index (χ2n) is 8.03. The fourth-order valence-electron chi connectivity index (χ4n) is 4.48. The van der Waals surface area contributed by atoms with Crippen molar-refractivity contribution in [2.24, 2.45) is 5.92 Å². The molecule has 7 heteroatoms. The van der Waals surface area contributed by atoms with Gasteiger partial charge in [-0.25, -0.2) is 4.79 Å². The second kappa shape index (κ2) is 7.91. The van der Waals surface area contributed by atoms with E-state index in [4.69, 9.17) is 4.42 Å². The molecule has 0 bridgehead atoms. The van der Waals surface area contributed by atoms with Crippen LogP contribution in [-0.2, 0) is 9.59 Å². The molecule has 0 aliphatic carbocycles. The van der Waals surface area contributed by atoms with Crippen molar-refractivity contribution >= 4 is 39.8 Å². The van der Waals surface area contributed by atoms with Crippen LogP contribution < -0.4 is 20.7 Å². The van der Waals surface area contributed by atoms with Crippen LogP contribution in [0.25, 0.3) is 11.0 Å². The van der Waals surface area contributed by atoms with E-state index in [9.17, 15) is 14.4 Å². The van der Waals surface area contributed by atoms with Crippen LogP contribution in [0, 0.1) is 5.92 Å². The summed E-state index contributed by atoms with van der Waals surface area (Å²) in [4.78, 5) is 42.2. The van der Waals surface area contributed by atoms with Gasteiger partial charge in [0.1, 0.15) is 5.58 Å². The number of para-hydroxylation sites is 2. The maximum Gasteiger partial charge on any atom is 0.362 e. The Labute approximate surface area is 179 Å². The minimum Gasteiger partial charge on any atom is -0.421 e. The summed E-state index contributed by atoms with van der Waals surface area (Å²) in [5.74, 6) is -0.975. The summed E-state index contributed by atoms with van der Waals surface area (Å²) < 4.78 is 5.49. The van der Waals surface area contributed by atoms with Crippen LogP contribution in [-0.4, -0.2) is 31.4 Å². The lowest BCUT2D eigenvalue weighted by Crippen LogP contribution is -2.31. The number of hydrogen-bond acceptors (Lipinski definition) is 5. The maximum atomic E-state index is 13.1. The Kier molecular flexibility index (Phi) is 4.94. The van der Waals surface area contributed by atoms with Crippen molar-refractivity contribution < 1.29 is 14.0 Å². The van der Waals surface area contributed by atoms with Crippen LogP contribution in [0.5, 0.6) is 0 Å². The molecule has 2 aromatic carbocycles. The SMILES string of the molecule is O=C(Nc1c(N2CCCC2)c2ccccc2oc1=O)[C@H]1CC(=O)N(c2ccccc2)C1. The molecule has 7 nitrogen and oxygen atoms in total. The molecule has 1 N–H and O–H groups in total. The normalized spacial score (nSPS) is 18.7. The molecule has 31 heavy (non-hydrogen) atoms. The molecule has 3 heterocycles. The summed E-state index contributed by atoms with van der Waals surface area (Å²) in [6.07, 6.45) is 2.18. The number of carbonyl (C=O) groups excluding carboxylic acids is 2. The van der Waals surface area contributed by atoms with Crippen LogP contribution in [0.15, 0.2) is 63.8 Å². The molecule has 0 spiro atoms. The number of hydrogen-bond donors (Lipinski definition) is 1. The highest BCUT2D eigenvalue weighted by Gasteiger charge is 2.36. The fraction of sp³-hybridized carbons (Fsp3) is 0.292. The maximum absolute atomic E-state index is 13.1. The van der Waals surface area contributed by atoms with Crippen LogP contribution >= 0.6 is 0 Å². The molecule has 2 aliphatic heterocycles. The first kappa shape index (κ1) is 19.4. The van der Waals surface area contributed by atoms with Crippen LogP contribution in [0.2, 0.25) is 0 Å². The van der Waals surface area contributed by atoms with Crippen LogP contribution in [0.4, 0.5) is 17.1 Å². The van der Waals surface area contributed by atoms with E-state index in [0.717, 1.165) is 37.0 Å². The second-order valence-corrected chi connectivity index (χ2v) is 8.03. The first-order valence-corrected chi connectivity index (χ1v) is 10.6. The van der Waals surface area contributed by atoms with Gasteiger partial charge in [0.2, 0.25) is 11.8 Å². The third-order valence-electron chi connectivity index (χ3n) is 6.02. The Hall–Kier alpha value is -3.61. The van der Waals surface area contributed by atoms with Gasteiger partial charge in [-0.3, -0.25) is 9.59 Å². The summed E-state index contributed by atoms with van der Waals surface area (Å²) >= 11 is 0. The lowest BCUT2D eigenvalue weighted by atomic mass is 10.1. The summed E-state index contributed by atoms with van der Waals surface area (Å²) in [5.41, 5.74) is 1.57. The number of amides is 2. The molecule has 0 radical (unpaired) electrons. The van der Waals surface area contributed by atoms with Crippen molar-refractivity contribution in [1.82, 2.24) is 0 Å². The molecule has 5 rings (SSSR count). The first-order chi connectivity index (χ1) is 15.1. The first-order valence-electron chi connectivity index (χ1n) is 10.6. The summed E-state index contributed by atoms with van der Waals surface area (Å²) in [6.45, 7) is 1.92. The van der Waals surface area contributed by atoms with Gasteiger partial charge >= 0.3 is 5.63 Å². The Morgan fingerprint density at radius 2 is 1.68 bits per heavy atom. The molecule has 2 aliphatic rings. The number of fused-ring (bicyclic) bond motifs is 1. The number of rotatable bonds is 4. The molecule has 0 saturated carbocycles. The number of carbonyl (C=O) groups is 2. The van der Waals surface area contributed by atoms with Crippen LogP contribution in [0.3, 0.4) is 0 Å². The van der Waals surface area contributed by atoms with E-state index in [0.29, 0.717) is 11.3 Å². The van der Waals surface area contributed by atoms with Crippen molar-refractivity contribution in [3.8, 4) is 0 Å². The topological polar surface area (TPSA) is 82.9 Å². The van der Waals surface area contributed by atoms with E-state index in [-0.39, 0.29) is 30.5 Å². The summed E-state index contributed by atoms with van der Waals surface area (Å²) in [6, 6.07) is 16.7. The number of nitrogens with zero attached hydrogens (tertiary/aromatic N) is 2. The Balaban J connectivity index is 1.46. The van der Waals surface area contributed by atoms with Crippen molar-refractivity contribution in [3.63, 3.8) is 0 Å². The molecule has 158 valence electrons. The molecule has 1 aromatic heterocycles. The van der Waals surface area contributed by atoms with E-state index < -0.39 is 11.5 Å². The molecule has 3 aromatic rings. The minimum absolute atomic E-state index is 0.100. The highest BCUT2D eigenvalue weighted by molar-refractivity contribution is 6.06. The molecule has 2 fully saturated rings. The zero-order valence-electron chi connectivity index (χ0n) is 17.0. The summed E-state index contributed by atoms with van der Waals surface area (Å²) in [5, 5.41) is 3.62. The van der Waals surface area contributed by atoms with Gasteiger partial charge in [-0.05, 0) is 37.1 Å². The van der Waals surface area contributed by atoms with Crippen molar-refractivity contribution in [1.29, 1.82) is 0 Å². The number of nitrogens with one attached hydrogen (secondary N) is 1. The predicted octanol–water partition coefficient (Wildman–Crippen LogP) is 3.38. The van der Waals surface area contributed by atoms with E-state index >= 15 is 0 Å². The molecule has 2 saturated heterocycles. The van der Waals surface area contributed by atoms with Gasteiger partial charge in [0.25, 0.3) is 0 Å². The van der Waals surface area contributed by atoms with E-state index in [1.165, 1.54) is 0 Å². The zero-order chi connectivity index (χ0) is 21.4. The zero-order valence-corrected chi connectivity index (χ0v) is 17.0. The van der Waals surface area contributed by atoms with Gasteiger partial charge in [-0.1, -0.05) is 30.3 Å². The van der Waals surface area contributed by atoms with E-state index in [1.54, 1.807) is 11.0 Å². The van der Waals surface area contributed by atoms with Gasteiger partial charge < -0.3 is 19.5 Å².